The fourth-order valence-corrected chi connectivity index (χ4v) is 5.13. The van der Waals surface area contributed by atoms with Gasteiger partial charge in [-0.2, -0.15) is 0 Å². The van der Waals surface area contributed by atoms with Crippen LogP contribution in [0.25, 0.3) is 0 Å². The third-order valence-electron chi connectivity index (χ3n) is 5.79. The van der Waals surface area contributed by atoms with Gasteiger partial charge in [0.05, 0.1) is 26.4 Å². The van der Waals surface area contributed by atoms with Gasteiger partial charge >= 0.3 is 0 Å². The van der Waals surface area contributed by atoms with Crippen LogP contribution >= 0.6 is 11.3 Å². The predicted molar refractivity (Wildman–Crippen MR) is 125 cm³/mol. The molecule has 1 atom stereocenters. The van der Waals surface area contributed by atoms with Gasteiger partial charge in [0.15, 0.2) is 0 Å². The van der Waals surface area contributed by atoms with Crippen LogP contribution in [-0.4, -0.2) is 44.2 Å². The molecule has 1 N–H and O–H groups in total. The van der Waals surface area contributed by atoms with Gasteiger partial charge in [0.2, 0.25) is 0 Å². The number of hydrogen-bond donors (Lipinski definition) is 1. The highest BCUT2D eigenvalue weighted by Crippen LogP contribution is 2.43. The monoisotopic (exact) mass is 436 g/mol. The minimum absolute atomic E-state index is 0.00928. The molecule has 2 aromatic carbocycles. The van der Waals surface area contributed by atoms with Crippen LogP contribution in [0, 0.1) is 13.8 Å². The van der Waals surface area contributed by atoms with Crippen LogP contribution in [0.3, 0.4) is 0 Å². The van der Waals surface area contributed by atoms with Crippen LogP contribution in [0.4, 0.5) is 5.00 Å². The summed E-state index contributed by atoms with van der Waals surface area (Å²) in [7, 11) is 1.69. The number of carbonyl (C=O) groups excluding carboxylic acids is 1. The number of rotatable bonds is 6. The average molecular weight is 437 g/mol. The Bertz CT molecular complexity index is 1040. The number of benzene rings is 2. The van der Waals surface area contributed by atoms with Crippen molar-refractivity contribution >= 4 is 22.2 Å². The molecule has 1 fully saturated rings. The number of morpholine rings is 1. The second-order valence-electron chi connectivity index (χ2n) is 7.67. The zero-order valence-electron chi connectivity index (χ0n) is 18.2. The molecular formula is C25H28N2O3S. The SMILES string of the molecule is COc1cccc([C@@H](c2c(NC(=O)c3ccccc3)sc(C)c2C)N2CCOCC2)c1. The molecule has 1 aliphatic heterocycles. The van der Waals surface area contributed by atoms with Crippen molar-refractivity contribution in [1.82, 2.24) is 4.90 Å². The van der Waals surface area contributed by atoms with E-state index < -0.39 is 0 Å². The summed E-state index contributed by atoms with van der Waals surface area (Å²) in [5, 5.41) is 4.10. The van der Waals surface area contributed by atoms with Crippen LogP contribution in [0.15, 0.2) is 54.6 Å². The van der Waals surface area contributed by atoms with E-state index in [2.05, 4.69) is 36.2 Å². The van der Waals surface area contributed by atoms with Gasteiger partial charge in [0, 0.05) is 29.1 Å². The highest BCUT2D eigenvalue weighted by molar-refractivity contribution is 7.16. The van der Waals surface area contributed by atoms with Gasteiger partial charge in [-0.1, -0.05) is 30.3 Å². The number of nitrogens with zero attached hydrogens (tertiary/aromatic N) is 1. The van der Waals surface area contributed by atoms with Crippen LogP contribution in [0.5, 0.6) is 5.75 Å². The minimum Gasteiger partial charge on any atom is -0.497 e. The summed E-state index contributed by atoms with van der Waals surface area (Å²) in [6, 6.07) is 17.6. The molecule has 6 heteroatoms. The largest absolute Gasteiger partial charge is 0.497 e. The van der Waals surface area contributed by atoms with Gasteiger partial charge in [0.25, 0.3) is 5.91 Å². The fraction of sp³-hybridized carbons (Fsp3) is 0.320. The predicted octanol–water partition coefficient (Wildman–Crippen LogP) is 5.05. The Morgan fingerprint density at radius 3 is 2.55 bits per heavy atom. The molecule has 0 saturated carbocycles. The van der Waals surface area contributed by atoms with Crippen molar-refractivity contribution in [1.29, 1.82) is 0 Å². The maximum Gasteiger partial charge on any atom is 0.256 e. The molecule has 162 valence electrons. The summed E-state index contributed by atoms with van der Waals surface area (Å²) in [6.45, 7) is 7.34. The molecule has 3 aromatic rings. The van der Waals surface area contributed by atoms with E-state index >= 15 is 0 Å². The molecular weight excluding hydrogens is 408 g/mol. The van der Waals surface area contributed by atoms with Gasteiger partial charge in [-0.15, -0.1) is 11.3 Å². The van der Waals surface area contributed by atoms with Gasteiger partial charge in [-0.3, -0.25) is 9.69 Å². The van der Waals surface area contributed by atoms with E-state index in [1.165, 1.54) is 10.4 Å². The Balaban J connectivity index is 1.78. The minimum atomic E-state index is -0.0885. The molecule has 4 rings (SSSR count). The zero-order valence-corrected chi connectivity index (χ0v) is 19.0. The molecule has 1 saturated heterocycles. The maximum absolute atomic E-state index is 13.0. The summed E-state index contributed by atoms with van der Waals surface area (Å²) in [4.78, 5) is 16.6. The summed E-state index contributed by atoms with van der Waals surface area (Å²) in [5.41, 5.74) is 4.17. The number of thiophene rings is 1. The first-order valence-corrected chi connectivity index (χ1v) is 11.3. The number of hydrogen-bond acceptors (Lipinski definition) is 5. The van der Waals surface area contributed by atoms with Gasteiger partial charge < -0.3 is 14.8 Å². The molecule has 1 aliphatic rings. The van der Waals surface area contributed by atoms with Crippen molar-refractivity contribution < 1.29 is 14.3 Å². The molecule has 1 amide bonds. The highest BCUT2D eigenvalue weighted by atomic mass is 32.1. The Morgan fingerprint density at radius 2 is 1.84 bits per heavy atom. The van der Waals surface area contributed by atoms with E-state index in [1.54, 1.807) is 18.4 Å². The van der Waals surface area contributed by atoms with E-state index in [-0.39, 0.29) is 11.9 Å². The standard InChI is InChI=1S/C25H28N2O3S/c1-17-18(2)31-25(26-24(28)19-8-5-4-6-9-19)22(17)23(27-12-14-30-15-13-27)20-10-7-11-21(16-20)29-3/h4-11,16,23H,12-15H2,1-3H3,(H,26,28)/t23-/m0/s1. The van der Waals surface area contributed by atoms with Crippen molar-refractivity contribution in [2.75, 3.05) is 38.7 Å². The van der Waals surface area contributed by atoms with E-state index in [0.29, 0.717) is 18.8 Å². The quantitative estimate of drug-likeness (QED) is 0.588. The molecule has 0 bridgehead atoms. The molecule has 0 spiro atoms. The van der Waals surface area contributed by atoms with Crippen molar-refractivity contribution in [3.05, 3.63) is 81.7 Å². The van der Waals surface area contributed by atoms with E-state index in [4.69, 9.17) is 9.47 Å². The summed E-state index contributed by atoms with van der Waals surface area (Å²) >= 11 is 1.64. The van der Waals surface area contributed by atoms with Gasteiger partial charge in [-0.25, -0.2) is 0 Å². The molecule has 0 radical (unpaired) electrons. The Morgan fingerprint density at radius 1 is 1.10 bits per heavy atom. The smallest absolute Gasteiger partial charge is 0.256 e. The number of methoxy groups -OCH3 is 1. The van der Waals surface area contributed by atoms with Crippen LogP contribution < -0.4 is 10.1 Å². The first-order valence-electron chi connectivity index (χ1n) is 10.5. The van der Waals surface area contributed by atoms with Gasteiger partial charge in [0.1, 0.15) is 10.8 Å². The molecule has 1 aromatic heterocycles. The van der Waals surface area contributed by atoms with Crippen molar-refractivity contribution in [3.63, 3.8) is 0 Å². The molecule has 0 unspecified atom stereocenters. The van der Waals surface area contributed by atoms with Gasteiger partial charge in [-0.05, 0) is 49.2 Å². The van der Waals surface area contributed by atoms with E-state index in [9.17, 15) is 4.79 Å². The highest BCUT2D eigenvalue weighted by Gasteiger charge is 2.30. The van der Waals surface area contributed by atoms with E-state index in [0.717, 1.165) is 35.0 Å². The fourth-order valence-electron chi connectivity index (χ4n) is 4.04. The number of aryl methyl sites for hydroxylation is 1. The number of amides is 1. The summed E-state index contributed by atoms with van der Waals surface area (Å²) in [6.07, 6.45) is 0. The Labute approximate surface area is 187 Å². The summed E-state index contributed by atoms with van der Waals surface area (Å²) in [5.74, 6) is 0.740. The number of ether oxygens (including phenoxy) is 2. The zero-order chi connectivity index (χ0) is 21.8. The van der Waals surface area contributed by atoms with Crippen molar-refractivity contribution in [2.45, 2.75) is 19.9 Å². The lowest BCUT2D eigenvalue weighted by molar-refractivity contribution is 0.0240. The van der Waals surface area contributed by atoms with Crippen molar-refractivity contribution in [2.24, 2.45) is 0 Å². The molecule has 2 heterocycles. The van der Waals surface area contributed by atoms with Crippen molar-refractivity contribution in [3.8, 4) is 5.75 Å². The number of carbonyl (C=O) groups is 1. The Kier molecular flexibility index (Phi) is 6.70. The van der Waals surface area contributed by atoms with E-state index in [1.807, 2.05) is 42.5 Å². The molecule has 31 heavy (non-hydrogen) atoms. The van der Waals surface area contributed by atoms with Crippen LogP contribution in [-0.2, 0) is 4.74 Å². The lowest BCUT2D eigenvalue weighted by atomic mass is 9.94. The average Bonchev–Trinajstić information content (AvgIpc) is 3.08. The maximum atomic E-state index is 13.0. The first-order chi connectivity index (χ1) is 15.1. The molecule has 0 aliphatic carbocycles. The lowest BCUT2D eigenvalue weighted by Gasteiger charge is -2.35. The first kappa shape index (κ1) is 21.6. The van der Waals surface area contributed by atoms with Crippen LogP contribution in [0.1, 0.15) is 38.0 Å². The Hall–Kier alpha value is -2.67. The third kappa shape index (κ3) is 4.66. The normalized spacial score (nSPS) is 15.5. The number of nitrogens with one attached hydrogen (secondary N) is 1. The number of anilines is 1. The second kappa shape index (κ2) is 9.64. The third-order valence-corrected chi connectivity index (χ3v) is 6.93. The lowest BCUT2D eigenvalue weighted by Crippen LogP contribution is -2.40. The second-order valence-corrected chi connectivity index (χ2v) is 8.90. The summed E-state index contributed by atoms with van der Waals surface area (Å²) < 4.78 is 11.1. The van der Waals surface area contributed by atoms with Crippen LogP contribution in [0.2, 0.25) is 0 Å². The topological polar surface area (TPSA) is 50.8 Å². The molecule has 5 nitrogen and oxygen atoms in total.